The van der Waals surface area contributed by atoms with E-state index in [1.165, 1.54) is 4.88 Å². The molecule has 0 aliphatic heterocycles. The van der Waals surface area contributed by atoms with Crippen molar-refractivity contribution in [3.63, 3.8) is 0 Å². The van der Waals surface area contributed by atoms with Crippen LogP contribution in [0.1, 0.15) is 23.4 Å². The summed E-state index contributed by atoms with van der Waals surface area (Å²) in [4.78, 5) is 1.19. The molecule has 0 fully saturated rings. The lowest BCUT2D eigenvalue weighted by Crippen LogP contribution is -2.09. The van der Waals surface area contributed by atoms with Gasteiger partial charge in [0.15, 0.2) is 0 Å². The van der Waals surface area contributed by atoms with Crippen molar-refractivity contribution in [1.29, 1.82) is 0 Å². The summed E-state index contributed by atoms with van der Waals surface area (Å²) < 4.78 is 11.2. The molecule has 4 heteroatoms. The zero-order chi connectivity index (χ0) is 13.0. The average molecular weight is 263 g/mol. The van der Waals surface area contributed by atoms with E-state index in [1.54, 1.807) is 18.4 Å². The van der Waals surface area contributed by atoms with Gasteiger partial charge in [0.05, 0.1) is 12.7 Å². The van der Waals surface area contributed by atoms with E-state index in [1.807, 2.05) is 36.6 Å². The molecule has 0 aliphatic carbocycles. The van der Waals surface area contributed by atoms with Crippen LogP contribution in [0.2, 0.25) is 0 Å². The van der Waals surface area contributed by atoms with Crippen molar-refractivity contribution < 1.29 is 9.47 Å². The van der Waals surface area contributed by atoms with Crippen LogP contribution in [-0.2, 0) is 6.61 Å². The van der Waals surface area contributed by atoms with Crippen LogP contribution in [0, 0.1) is 0 Å². The first-order chi connectivity index (χ1) is 8.72. The fourth-order valence-corrected chi connectivity index (χ4v) is 2.44. The Morgan fingerprint density at radius 2 is 2.00 bits per heavy atom. The normalized spacial score (nSPS) is 12.2. The molecule has 2 rings (SSSR count). The monoisotopic (exact) mass is 263 g/mol. The summed E-state index contributed by atoms with van der Waals surface area (Å²) in [6.45, 7) is 2.49. The standard InChI is InChI=1S/C14H17NO2S/c1-10(15)14-12(16-2)6-3-7-13(14)17-9-11-5-4-8-18-11/h3-8,10H,9,15H2,1-2H3/t10-/m1/s1. The third-order valence-corrected chi connectivity index (χ3v) is 3.50. The van der Waals surface area contributed by atoms with E-state index in [9.17, 15) is 0 Å². The predicted octanol–water partition coefficient (Wildman–Crippen LogP) is 3.36. The molecule has 2 aromatic rings. The van der Waals surface area contributed by atoms with E-state index in [2.05, 4.69) is 6.07 Å². The molecule has 2 N–H and O–H groups in total. The SMILES string of the molecule is COc1cccc(OCc2cccs2)c1[C@@H](C)N. The number of hydrogen-bond donors (Lipinski definition) is 1. The second kappa shape index (κ2) is 5.89. The second-order valence-electron chi connectivity index (χ2n) is 4.03. The van der Waals surface area contributed by atoms with Crippen LogP contribution in [0.5, 0.6) is 11.5 Å². The van der Waals surface area contributed by atoms with Crippen LogP contribution in [0.15, 0.2) is 35.7 Å². The lowest BCUT2D eigenvalue weighted by atomic mass is 10.1. The zero-order valence-corrected chi connectivity index (χ0v) is 11.4. The molecule has 1 aromatic heterocycles. The average Bonchev–Trinajstić information content (AvgIpc) is 2.88. The molecule has 0 saturated carbocycles. The number of rotatable bonds is 5. The molecule has 0 unspecified atom stereocenters. The Kier molecular flexibility index (Phi) is 4.23. The highest BCUT2D eigenvalue weighted by Crippen LogP contribution is 2.33. The molecule has 0 radical (unpaired) electrons. The molecule has 0 amide bonds. The van der Waals surface area contributed by atoms with Crippen molar-refractivity contribution in [2.45, 2.75) is 19.6 Å². The first-order valence-corrected chi connectivity index (χ1v) is 6.68. The van der Waals surface area contributed by atoms with Gasteiger partial charge in [-0.3, -0.25) is 0 Å². The van der Waals surface area contributed by atoms with Gasteiger partial charge >= 0.3 is 0 Å². The molecule has 3 nitrogen and oxygen atoms in total. The van der Waals surface area contributed by atoms with Crippen molar-refractivity contribution in [3.05, 3.63) is 46.2 Å². The van der Waals surface area contributed by atoms with E-state index in [0.29, 0.717) is 6.61 Å². The van der Waals surface area contributed by atoms with Crippen LogP contribution in [-0.4, -0.2) is 7.11 Å². The predicted molar refractivity (Wildman–Crippen MR) is 74.2 cm³/mol. The lowest BCUT2D eigenvalue weighted by molar-refractivity contribution is 0.301. The minimum Gasteiger partial charge on any atom is -0.496 e. The summed E-state index contributed by atoms with van der Waals surface area (Å²) >= 11 is 1.68. The maximum Gasteiger partial charge on any atom is 0.128 e. The van der Waals surface area contributed by atoms with Crippen molar-refractivity contribution in [2.24, 2.45) is 5.73 Å². The molecule has 0 bridgehead atoms. The van der Waals surface area contributed by atoms with Gasteiger partial charge in [-0.15, -0.1) is 11.3 Å². The highest BCUT2D eigenvalue weighted by atomic mass is 32.1. The molecule has 0 spiro atoms. The molecular weight excluding hydrogens is 246 g/mol. The summed E-state index contributed by atoms with van der Waals surface area (Å²) in [5, 5.41) is 2.04. The van der Waals surface area contributed by atoms with Gasteiger partial charge in [0.1, 0.15) is 18.1 Å². The van der Waals surface area contributed by atoms with E-state index in [-0.39, 0.29) is 6.04 Å². The Morgan fingerprint density at radius 3 is 2.61 bits per heavy atom. The maximum atomic E-state index is 5.98. The number of hydrogen-bond acceptors (Lipinski definition) is 4. The third-order valence-electron chi connectivity index (χ3n) is 2.65. The first kappa shape index (κ1) is 12.9. The highest BCUT2D eigenvalue weighted by molar-refractivity contribution is 7.09. The first-order valence-electron chi connectivity index (χ1n) is 5.80. The number of nitrogens with two attached hydrogens (primary N) is 1. The van der Waals surface area contributed by atoms with Gasteiger partial charge in [0.25, 0.3) is 0 Å². The number of methoxy groups -OCH3 is 1. The largest absolute Gasteiger partial charge is 0.496 e. The molecule has 1 aromatic carbocycles. The summed E-state index contributed by atoms with van der Waals surface area (Å²) in [5.41, 5.74) is 6.90. The number of benzene rings is 1. The lowest BCUT2D eigenvalue weighted by Gasteiger charge is -2.16. The zero-order valence-electron chi connectivity index (χ0n) is 10.6. The molecular formula is C14H17NO2S. The Morgan fingerprint density at radius 1 is 1.22 bits per heavy atom. The highest BCUT2D eigenvalue weighted by Gasteiger charge is 2.14. The molecule has 0 saturated heterocycles. The molecule has 1 atom stereocenters. The molecule has 1 heterocycles. The van der Waals surface area contributed by atoms with Crippen molar-refractivity contribution in [2.75, 3.05) is 7.11 Å². The summed E-state index contributed by atoms with van der Waals surface area (Å²) in [6.07, 6.45) is 0. The van der Waals surface area contributed by atoms with Gasteiger partial charge in [0, 0.05) is 10.9 Å². The van der Waals surface area contributed by atoms with Crippen LogP contribution in [0.25, 0.3) is 0 Å². The Labute approximate surface area is 111 Å². The molecule has 0 aliphatic rings. The fourth-order valence-electron chi connectivity index (χ4n) is 1.82. The quantitative estimate of drug-likeness (QED) is 0.899. The fraction of sp³-hybridized carbons (Fsp3) is 0.286. The maximum absolute atomic E-state index is 5.98. The summed E-state index contributed by atoms with van der Waals surface area (Å²) in [7, 11) is 1.64. The van der Waals surface area contributed by atoms with E-state index < -0.39 is 0 Å². The van der Waals surface area contributed by atoms with Crippen molar-refractivity contribution >= 4 is 11.3 Å². The van der Waals surface area contributed by atoms with Gasteiger partial charge in [0.2, 0.25) is 0 Å². The van der Waals surface area contributed by atoms with Crippen LogP contribution in [0.3, 0.4) is 0 Å². The number of ether oxygens (including phenoxy) is 2. The van der Waals surface area contributed by atoms with Gasteiger partial charge in [-0.1, -0.05) is 12.1 Å². The van der Waals surface area contributed by atoms with E-state index >= 15 is 0 Å². The smallest absolute Gasteiger partial charge is 0.128 e. The topological polar surface area (TPSA) is 44.5 Å². The minimum atomic E-state index is -0.125. The van der Waals surface area contributed by atoms with Crippen LogP contribution >= 0.6 is 11.3 Å². The van der Waals surface area contributed by atoms with E-state index in [4.69, 9.17) is 15.2 Å². The second-order valence-corrected chi connectivity index (χ2v) is 5.06. The van der Waals surface area contributed by atoms with Gasteiger partial charge in [-0.25, -0.2) is 0 Å². The van der Waals surface area contributed by atoms with Gasteiger partial charge in [-0.05, 0) is 30.5 Å². The Balaban J connectivity index is 2.21. The Hall–Kier alpha value is -1.52. The number of thiophene rings is 1. The van der Waals surface area contributed by atoms with Gasteiger partial charge in [-0.2, -0.15) is 0 Å². The molecule has 96 valence electrons. The van der Waals surface area contributed by atoms with E-state index in [0.717, 1.165) is 17.1 Å². The Bertz CT molecular complexity index is 495. The summed E-state index contributed by atoms with van der Waals surface area (Å²) in [6, 6.07) is 9.68. The summed E-state index contributed by atoms with van der Waals surface area (Å²) in [5.74, 6) is 1.56. The van der Waals surface area contributed by atoms with Gasteiger partial charge < -0.3 is 15.2 Å². The molecule has 18 heavy (non-hydrogen) atoms. The van der Waals surface area contributed by atoms with Crippen LogP contribution in [0.4, 0.5) is 0 Å². The van der Waals surface area contributed by atoms with Crippen molar-refractivity contribution in [3.8, 4) is 11.5 Å². The minimum absolute atomic E-state index is 0.125. The third kappa shape index (κ3) is 2.83. The van der Waals surface area contributed by atoms with Crippen molar-refractivity contribution in [1.82, 2.24) is 0 Å². The van der Waals surface area contributed by atoms with Crippen LogP contribution < -0.4 is 15.2 Å².